The lowest BCUT2D eigenvalue weighted by atomic mass is 9.79. The Morgan fingerprint density at radius 1 is 0.786 bits per heavy atom. The Hall–Kier alpha value is -3.21. The molecule has 1 aromatic heterocycles. The maximum atomic E-state index is 14.5. The molecule has 3 nitrogen and oxygen atoms in total. The van der Waals surface area contributed by atoms with E-state index < -0.39 is 0 Å². The molecule has 0 aliphatic heterocycles. The monoisotopic (exact) mass is 596 g/mol. The standard InChI is InChI=1S/C37H37ClO3S/c38-28-18-20-31(21-19-28)42-36-17-9-7-12-27(36)23-34-33(25-30-15-10-22-40-30)35(41-29-13-4-2-1-3-5-14-29)24-26-11-6-8-16-32(26)37(34)39/h6-12,15-22,24,29,33-34H,1-5,13-14,23,25H2. The lowest BCUT2D eigenvalue weighted by Crippen LogP contribution is -2.30. The number of hydrogen-bond acceptors (Lipinski definition) is 4. The Morgan fingerprint density at radius 2 is 1.52 bits per heavy atom. The Labute approximate surface area is 258 Å². The van der Waals surface area contributed by atoms with Crippen LogP contribution in [0.15, 0.2) is 111 Å². The van der Waals surface area contributed by atoms with Gasteiger partial charge < -0.3 is 9.15 Å². The third-order valence-electron chi connectivity index (χ3n) is 8.52. The molecule has 42 heavy (non-hydrogen) atoms. The first kappa shape index (κ1) is 28.9. The molecule has 1 saturated carbocycles. The predicted octanol–water partition coefficient (Wildman–Crippen LogP) is 10.5. The highest BCUT2D eigenvalue weighted by atomic mass is 35.5. The van der Waals surface area contributed by atoms with Gasteiger partial charge in [0.1, 0.15) is 11.5 Å². The average Bonchev–Trinajstić information content (AvgIpc) is 3.48. The Bertz CT molecular complexity index is 1500. The lowest BCUT2D eigenvalue weighted by Gasteiger charge is -2.30. The van der Waals surface area contributed by atoms with Gasteiger partial charge in [-0.2, -0.15) is 0 Å². The second-order valence-corrected chi connectivity index (χ2v) is 13.0. The summed E-state index contributed by atoms with van der Waals surface area (Å²) in [5.41, 5.74) is 2.87. The summed E-state index contributed by atoms with van der Waals surface area (Å²) in [5.74, 6) is 1.52. The van der Waals surface area contributed by atoms with E-state index in [1.54, 1.807) is 18.0 Å². The highest BCUT2D eigenvalue weighted by Gasteiger charge is 2.38. The average molecular weight is 597 g/mol. The molecule has 2 atom stereocenters. The number of ether oxygens (including phenoxy) is 1. The third kappa shape index (κ3) is 7.04. The topological polar surface area (TPSA) is 39.4 Å². The minimum atomic E-state index is -0.300. The molecule has 4 aromatic rings. The number of Topliss-reactive ketones (excluding diaryl/α,β-unsaturated/α-hetero) is 1. The lowest BCUT2D eigenvalue weighted by molar-refractivity contribution is 0.0572. The van der Waals surface area contributed by atoms with Gasteiger partial charge in [0.2, 0.25) is 0 Å². The SMILES string of the molecule is O=C1c2ccccc2C=C(OC2CCCCCCC2)C(Cc2ccco2)C1Cc1ccccc1Sc1ccc(Cl)cc1. The zero-order valence-corrected chi connectivity index (χ0v) is 25.4. The van der Waals surface area contributed by atoms with Crippen molar-refractivity contribution in [2.24, 2.45) is 11.8 Å². The highest BCUT2D eigenvalue weighted by Crippen LogP contribution is 2.40. The molecule has 0 N–H and O–H groups in total. The molecule has 0 spiro atoms. The van der Waals surface area contributed by atoms with Gasteiger partial charge in [0, 0.05) is 38.6 Å². The second-order valence-electron chi connectivity index (χ2n) is 11.4. The molecule has 1 heterocycles. The normalized spacial score (nSPS) is 19.7. The maximum Gasteiger partial charge on any atom is 0.167 e. The summed E-state index contributed by atoms with van der Waals surface area (Å²) in [5, 5.41) is 0.722. The van der Waals surface area contributed by atoms with Crippen LogP contribution in [-0.4, -0.2) is 11.9 Å². The van der Waals surface area contributed by atoms with Crippen molar-refractivity contribution in [1.82, 2.24) is 0 Å². The number of fused-ring (bicyclic) bond motifs is 1. The van der Waals surface area contributed by atoms with E-state index in [9.17, 15) is 4.79 Å². The van der Waals surface area contributed by atoms with Crippen molar-refractivity contribution in [2.45, 2.75) is 73.7 Å². The minimum Gasteiger partial charge on any atom is -0.494 e. The van der Waals surface area contributed by atoms with Crippen LogP contribution >= 0.6 is 23.4 Å². The van der Waals surface area contributed by atoms with Crippen LogP contribution in [0.25, 0.3) is 6.08 Å². The van der Waals surface area contributed by atoms with Gasteiger partial charge in [-0.3, -0.25) is 4.79 Å². The van der Waals surface area contributed by atoms with Gasteiger partial charge in [-0.1, -0.05) is 85.1 Å². The summed E-state index contributed by atoms with van der Waals surface area (Å²) < 4.78 is 12.8. The Balaban J connectivity index is 1.38. The van der Waals surface area contributed by atoms with Gasteiger partial charge in [0.25, 0.3) is 0 Å². The summed E-state index contributed by atoms with van der Waals surface area (Å²) in [6.45, 7) is 0. The molecule has 1 fully saturated rings. The molecule has 2 aliphatic rings. The Kier molecular flexibility index (Phi) is 9.52. The van der Waals surface area contributed by atoms with E-state index in [0.29, 0.717) is 12.8 Å². The maximum absolute atomic E-state index is 14.5. The number of hydrogen-bond donors (Lipinski definition) is 0. The fourth-order valence-corrected chi connectivity index (χ4v) is 7.38. The number of benzene rings is 3. The van der Waals surface area contributed by atoms with E-state index in [2.05, 4.69) is 30.3 Å². The van der Waals surface area contributed by atoms with Crippen LogP contribution in [0.5, 0.6) is 0 Å². The molecule has 5 heteroatoms. The molecule has 0 radical (unpaired) electrons. The van der Waals surface area contributed by atoms with Gasteiger partial charge in [-0.05, 0) is 91.8 Å². The summed E-state index contributed by atoms with van der Waals surface area (Å²) >= 11 is 7.86. The smallest absolute Gasteiger partial charge is 0.167 e. The first-order valence-corrected chi connectivity index (χ1v) is 16.4. The largest absolute Gasteiger partial charge is 0.494 e. The van der Waals surface area contributed by atoms with Gasteiger partial charge in [-0.15, -0.1) is 0 Å². The van der Waals surface area contributed by atoms with Crippen molar-refractivity contribution < 1.29 is 13.9 Å². The summed E-state index contributed by atoms with van der Waals surface area (Å²) in [6, 6.07) is 28.3. The van der Waals surface area contributed by atoms with Gasteiger partial charge in [-0.25, -0.2) is 0 Å². The number of furan rings is 1. The first-order chi connectivity index (χ1) is 20.6. The number of ketones is 1. The third-order valence-corrected chi connectivity index (χ3v) is 9.90. The van der Waals surface area contributed by atoms with Gasteiger partial charge >= 0.3 is 0 Å². The van der Waals surface area contributed by atoms with E-state index in [0.717, 1.165) is 55.9 Å². The van der Waals surface area contributed by atoms with Crippen molar-refractivity contribution in [3.05, 3.63) is 124 Å². The molecule has 2 aliphatic carbocycles. The fraction of sp³-hybridized carbons (Fsp3) is 0.324. The molecule has 6 rings (SSSR count). The molecular formula is C37H37ClO3S. The van der Waals surface area contributed by atoms with Crippen molar-refractivity contribution in [1.29, 1.82) is 0 Å². The molecular weight excluding hydrogens is 560 g/mol. The summed E-state index contributed by atoms with van der Waals surface area (Å²) in [4.78, 5) is 16.7. The van der Waals surface area contributed by atoms with Crippen LogP contribution in [0, 0.1) is 11.8 Å². The molecule has 216 valence electrons. The fourth-order valence-electron chi connectivity index (χ4n) is 6.30. The van der Waals surface area contributed by atoms with Crippen LogP contribution in [0.4, 0.5) is 0 Å². The van der Waals surface area contributed by atoms with E-state index in [1.165, 1.54) is 32.1 Å². The molecule has 0 amide bonds. The summed E-state index contributed by atoms with van der Waals surface area (Å²) in [6.07, 6.45) is 13.6. The zero-order chi connectivity index (χ0) is 28.7. The predicted molar refractivity (Wildman–Crippen MR) is 171 cm³/mol. The van der Waals surface area contributed by atoms with Crippen LogP contribution in [0.3, 0.4) is 0 Å². The van der Waals surface area contributed by atoms with Crippen molar-refractivity contribution >= 4 is 35.2 Å². The second kappa shape index (κ2) is 13.8. The number of carbonyl (C=O) groups excluding carboxylic acids is 1. The Morgan fingerprint density at radius 3 is 2.31 bits per heavy atom. The molecule has 2 unspecified atom stereocenters. The van der Waals surface area contributed by atoms with E-state index >= 15 is 0 Å². The quantitative estimate of drug-likeness (QED) is 0.203. The van der Waals surface area contributed by atoms with E-state index in [-0.39, 0.29) is 23.7 Å². The molecule has 0 bridgehead atoms. The zero-order valence-electron chi connectivity index (χ0n) is 23.8. The highest BCUT2D eigenvalue weighted by molar-refractivity contribution is 7.99. The van der Waals surface area contributed by atoms with Crippen LogP contribution in [-0.2, 0) is 17.6 Å². The van der Waals surface area contributed by atoms with E-state index in [4.69, 9.17) is 20.8 Å². The summed E-state index contributed by atoms with van der Waals surface area (Å²) in [7, 11) is 0. The van der Waals surface area contributed by atoms with Crippen LogP contribution in [0.2, 0.25) is 5.02 Å². The first-order valence-electron chi connectivity index (χ1n) is 15.2. The van der Waals surface area contributed by atoms with Gasteiger partial charge in [0.05, 0.1) is 12.4 Å². The van der Waals surface area contributed by atoms with Crippen LogP contribution < -0.4 is 0 Å². The number of halogens is 1. The van der Waals surface area contributed by atoms with Crippen molar-refractivity contribution in [3.8, 4) is 0 Å². The van der Waals surface area contributed by atoms with Crippen LogP contribution in [0.1, 0.15) is 72.2 Å². The van der Waals surface area contributed by atoms with Crippen molar-refractivity contribution in [2.75, 3.05) is 0 Å². The number of carbonyl (C=O) groups is 1. The number of allylic oxidation sites excluding steroid dienone is 1. The minimum absolute atomic E-state index is 0.143. The molecule has 3 aromatic carbocycles. The van der Waals surface area contributed by atoms with Gasteiger partial charge in [0.15, 0.2) is 5.78 Å². The molecule has 0 saturated heterocycles. The van der Waals surface area contributed by atoms with Crippen molar-refractivity contribution in [3.63, 3.8) is 0 Å². The van der Waals surface area contributed by atoms with E-state index in [1.807, 2.05) is 60.7 Å². The number of rotatable bonds is 8.